The van der Waals surface area contributed by atoms with Crippen LogP contribution >= 0.6 is 11.7 Å². The summed E-state index contributed by atoms with van der Waals surface area (Å²) < 4.78 is 37.3. The minimum absolute atomic E-state index is 0.0370. The van der Waals surface area contributed by atoms with Crippen molar-refractivity contribution in [3.05, 3.63) is 72.3 Å². The van der Waals surface area contributed by atoms with Gasteiger partial charge in [0.1, 0.15) is 15.9 Å². The predicted molar refractivity (Wildman–Crippen MR) is 122 cm³/mol. The molecule has 8 nitrogen and oxygen atoms in total. The second kappa shape index (κ2) is 7.56. The first kappa shape index (κ1) is 19.3. The van der Waals surface area contributed by atoms with E-state index in [9.17, 15) is 8.42 Å². The number of rotatable bonds is 5. The van der Waals surface area contributed by atoms with E-state index in [1.54, 1.807) is 18.2 Å². The van der Waals surface area contributed by atoms with Gasteiger partial charge in [-0.25, -0.2) is 18.4 Å². The van der Waals surface area contributed by atoms with Crippen LogP contribution in [0.4, 0.5) is 17.3 Å². The van der Waals surface area contributed by atoms with Crippen LogP contribution in [0.25, 0.3) is 22.1 Å². The number of anilines is 3. The van der Waals surface area contributed by atoms with Crippen molar-refractivity contribution >= 4 is 61.1 Å². The zero-order valence-electron chi connectivity index (χ0n) is 16.3. The van der Waals surface area contributed by atoms with Crippen LogP contribution in [0.2, 0.25) is 0 Å². The third-order valence-electron chi connectivity index (χ3n) is 4.65. The summed E-state index contributed by atoms with van der Waals surface area (Å²) in [6, 6.07) is 19.8. The SMILES string of the molecule is Cc1ccc(Nc2nc3ccccc3nc2NS(=O)(=O)c2cccc3nsnc23)cc1. The van der Waals surface area contributed by atoms with Crippen molar-refractivity contribution in [1.29, 1.82) is 0 Å². The molecule has 0 amide bonds. The smallest absolute Gasteiger partial charge is 0.265 e. The Morgan fingerprint density at radius 3 is 2.19 bits per heavy atom. The average Bonchev–Trinajstić information content (AvgIpc) is 3.24. The Kier molecular flexibility index (Phi) is 4.72. The van der Waals surface area contributed by atoms with Crippen molar-refractivity contribution in [2.75, 3.05) is 10.0 Å². The van der Waals surface area contributed by atoms with Crippen LogP contribution in [0.5, 0.6) is 0 Å². The van der Waals surface area contributed by atoms with Crippen molar-refractivity contribution in [1.82, 2.24) is 18.7 Å². The highest BCUT2D eigenvalue weighted by Crippen LogP contribution is 2.29. The maximum absolute atomic E-state index is 13.2. The molecule has 0 aliphatic rings. The summed E-state index contributed by atoms with van der Waals surface area (Å²) >= 11 is 0.965. The van der Waals surface area contributed by atoms with Gasteiger partial charge in [0, 0.05) is 5.69 Å². The Morgan fingerprint density at radius 2 is 1.45 bits per heavy atom. The summed E-state index contributed by atoms with van der Waals surface area (Å²) in [4.78, 5) is 9.15. The molecule has 0 radical (unpaired) electrons. The van der Waals surface area contributed by atoms with Gasteiger partial charge < -0.3 is 5.32 Å². The number of nitrogens with zero attached hydrogens (tertiary/aromatic N) is 4. The first-order valence-electron chi connectivity index (χ1n) is 9.34. The Hall–Kier alpha value is -3.63. The second-order valence-electron chi connectivity index (χ2n) is 6.89. The van der Waals surface area contributed by atoms with Crippen molar-refractivity contribution in [3.8, 4) is 0 Å². The summed E-state index contributed by atoms with van der Waals surface area (Å²) in [5.41, 5.74) is 3.94. The van der Waals surface area contributed by atoms with Gasteiger partial charge in [0.25, 0.3) is 10.0 Å². The third-order valence-corrected chi connectivity index (χ3v) is 6.57. The van der Waals surface area contributed by atoms with Gasteiger partial charge in [0.2, 0.25) is 0 Å². The van der Waals surface area contributed by atoms with Gasteiger partial charge in [0.15, 0.2) is 11.6 Å². The minimum atomic E-state index is -3.99. The van der Waals surface area contributed by atoms with Crippen molar-refractivity contribution in [2.24, 2.45) is 0 Å². The highest BCUT2D eigenvalue weighted by molar-refractivity contribution is 7.93. The molecule has 2 N–H and O–H groups in total. The summed E-state index contributed by atoms with van der Waals surface area (Å²) in [6.45, 7) is 1.99. The first-order valence-corrected chi connectivity index (χ1v) is 11.6. The fraction of sp³-hybridized carbons (Fsp3) is 0.0476. The van der Waals surface area contributed by atoms with Crippen LogP contribution in [-0.4, -0.2) is 27.1 Å². The van der Waals surface area contributed by atoms with Gasteiger partial charge in [-0.2, -0.15) is 8.75 Å². The Balaban J connectivity index is 1.60. The molecule has 0 aliphatic heterocycles. The number of sulfonamides is 1. The number of para-hydroxylation sites is 2. The quantitative estimate of drug-likeness (QED) is 0.408. The fourth-order valence-electron chi connectivity index (χ4n) is 3.11. The molecule has 5 rings (SSSR count). The minimum Gasteiger partial charge on any atom is -0.337 e. The summed E-state index contributed by atoms with van der Waals surface area (Å²) in [7, 11) is -3.99. The van der Waals surface area contributed by atoms with Gasteiger partial charge in [-0.15, -0.1) is 0 Å². The van der Waals surface area contributed by atoms with Crippen molar-refractivity contribution in [2.45, 2.75) is 11.8 Å². The van der Waals surface area contributed by atoms with E-state index >= 15 is 0 Å². The molecular formula is C21H16N6O2S2. The Bertz CT molecular complexity index is 1510. The van der Waals surface area contributed by atoms with E-state index in [0.29, 0.717) is 27.9 Å². The molecule has 3 aromatic carbocycles. The summed E-state index contributed by atoms with van der Waals surface area (Å²) in [5, 5.41) is 3.17. The molecule has 0 atom stereocenters. The van der Waals surface area contributed by atoms with Gasteiger partial charge in [0.05, 0.1) is 22.8 Å². The van der Waals surface area contributed by atoms with Gasteiger partial charge in [-0.05, 0) is 43.3 Å². The molecule has 0 aliphatic carbocycles. The highest BCUT2D eigenvalue weighted by atomic mass is 32.2. The molecule has 2 aromatic heterocycles. The molecule has 0 unspecified atom stereocenters. The maximum atomic E-state index is 13.2. The lowest BCUT2D eigenvalue weighted by molar-refractivity contribution is 0.602. The Morgan fingerprint density at radius 1 is 0.774 bits per heavy atom. The molecule has 5 aromatic rings. The molecule has 0 bridgehead atoms. The lowest BCUT2D eigenvalue weighted by Crippen LogP contribution is -2.16. The molecule has 2 heterocycles. The number of benzene rings is 3. The number of fused-ring (bicyclic) bond motifs is 2. The molecule has 0 fully saturated rings. The van der Waals surface area contributed by atoms with E-state index in [1.165, 1.54) is 6.07 Å². The van der Waals surface area contributed by atoms with E-state index in [4.69, 9.17) is 0 Å². The molecule has 31 heavy (non-hydrogen) atoms. The van der Waals surface area contributed by atoms with Crippen LogP contribution in [-0.2, 0) is 10.0 Å². The van der Waals surface area contributed by atoms with E-state index in [1.807, 2.05) is 49.4 Å². The zero-order valence-corrected chi connectivity index (χ0v) is 17.9. The lowest BCUT2D eigenvalue weighted by Gasteiger charge is -2.14. The van der Waals surface area contributed by atoms with Crippen LogP contribution in [0.3, 0.4) is 0 Å². The number of hydrogen-bond donors (Lipinski definition) is 2. The van der Waals surface area contributed by atoms with E-state index < -0.39 is 10.0 Å². The molecule has 10 heteroatoms. The molecule has 0 spiro atoms. The molecular weight excluding hydrogens is 432 g/mol. The topological polar surface area (TPSA) is 110 Å². The second-order valence-corrected chi connectivity index (χ2v) is 9.07. The molecule has 0 saturated heterocycles. The number of nitrogens with one attached hydrogen (secondary N) is 2. The standard InChI is InChI=1S/C21H16N6O2S2/c1-13-9-11-14(12-10-13)22-20-21(24-16-6-3-2-5-15(16)23-20)27-31(28,29)18-8-4-7-17-19(18)26-30-25-17/h2-12H,1H3,(H,22,23)(H,24,27). The van der Waals surface area contributed by atoms with Crippen LogP contribution in [0.15, 0.2) is 71.6 Å². The van der Waals surface area contributed by atoms with Crippen molar-refractivity contribution in [3.63, 3.8) is 0 Å². The molecule has 0 saturated carbocycles. The normalized spacial score (nSPS) is 11.6. The van der Waals surface area contributed by atoms with Gasteiger partial charge in [-0.3, -0.25) is 4.72 Å². The monoisotopic (exact) mass is 448 g/mol. The maximum Gasteiger partial charge on any atom is 0.265 e. The number of aromatic nitrogens is 4. The van der Waals surface area contributed by atoms with E-state index in [-0.39, 0.29) is 10.7 Å². The lowest BCUT2D eigenvalue weighted by atomic mass is 10.2. The first-order chi connectivity index (χ1) is 15.0. The van der Waals surface area contributed by atoms with Crippen molar-refractivity contribution < 1.29 is 8.42 Å². The van der Waals surface area contributed by atoms with Crippen LogP contribution < -0.4 is 10.0 Å². The fourth-order valence-corrected chi connectivity index (χ4v) is 4.89. The highest BCUT2D eigenvalue weighted by Gasteiger charge is 2.22. The largest absolute Gasteiger partial charge is 0.337 e. The van der Waals surface area contributed by atoms with E-state index in [2.05, 4.69) is 28.8 Å². The molecule has 154 valence electrons. The zero-order chi connectivity index (χ0) is 21.4. The van der Waals surface area contributed by atoms with Gasteiger partial charge >= 0.3 is 0 Å². The number of hydrogen-bond acceptors (Lipinski definition) is 8. The summed E-state index contributed by atoms with van der Waals surface area (Å²) in [6.07, 6.45) is 0. The van der Waals surface area contributed by atoms with Crippen LogP contribution in [0.1, 0.15) is 5.56 Å². The predicted octanol–water partition coefficient (Wildman–Crippen LogP) is 4.49. The van der Waals surface area contributed by atoms with Gasteiger partial charge in [-0.1, -0.05) is 35.9 Å². The third kappa shape index (κ3) is 3.78. The van der Waals surface area contributed by atoms with Crippen LogP contribution in [0, 0.1) is 6.92 Å². The summed E-state index contributed by atoms with van der Waals surface area (Å²) in [5.74, 6) is 0.397. The Labute approximate surface area is 182 Å². The average molecular weight is 449 g/mol. The van der Waals surface area contributed by atoms with E-state index in [0.717, 1.165) is 23.0 Å². The number of aryl methyl sites for hydroxylation is 1.